The lowest BCUT2D eigenvalue weighted by Crippen LogP contribution is -2.35. The van der Waals surface area contributed by atoms with E-state index in [1.165, 1.54) is 0 Å². The summed E-state index contributed by atoms with van der Waals surface area (Å²) in [4.78, 5) is 13.0. The highest BCUT2D eigenvalue weighted by Crippen LogP contribution is 2.16. The van der Waals surface area contributed by atoms with Gasteiger partial charge in [0.2, 0.25) is 5.91 Å². The highest BCUT2D eigenvalue weighted by molar-refractivity contribution is 7.84. The van der Waals surface area contributed by atoms with E-state index in [2.05, 4.69) is 0 Å². The van der Waals surface area contributed by atoms with Crippen molar-refractivity contribution in [1.82, 2.24) is 4.90 Å². The number of aliphatic hydroxyl groups is 1. The molecule has 14 heavy (non-hydrogen) atoms. The van der Waals surface area contributed by atoms with Crippen molar-refractivity contribution in [2.45, 2.75) is 31.9 Å². The number of carbonyl (C=O) groups excluding carboxylic acids is 1. The van der Waals surface area contributed by atoms with Crippen LogP contribution >= 0.6 is 0 Å². The Kier molecular flexibility index (Phi) is 4.07. The van der Waals surface area contributed by atoms with Crippen LogP contribution in [0.1, 0.15) is 19.8 Å². The van der Waals surface area contributed by atoms with Crippen LogP contribution in [0.15, 0.2) is 0 Å². The zero-order chi connectivity index (χ0) is 10.7. The molecule has 82 valence electrons. The number of rotatable bonds is 4. The third kappa shape index (κ3) is 3.06. The lowest BCUT2D eigenvalue weighted by Gasteiger charge is -2.23. The molecule has 0 spiro atoms. The van der Waals surface area contributed by atoms with Crippen LogP contribution in [0.25, 0.3) is 0 Å². The van der Waals surface area contributed by atoms with E-state index in [1.807, 2.05) is 6.92 Å². The molecule has 0 aromatic rings. The predicted octanol–water partition coefficient (Wildman–Crippen LogP) is -0.263. The van der Waals surface area contributed by atoms with Gasteiger partial charge in [-0.1, -0.05) is 0 Å². The number of nitrogens with zero attached hydrogens (tertiary/aromatic N) is 1. The summed E-state index contributed by atoms with van der Waals surface area (Å²) >= 11 is 0. The van der Waals surface area contributed by atoms with Crippen molar-refractivity contribution in [3.63, 3.8) is 0 Å². The molecule has 0 aromatic heterocycles. The summed E-state index contributed by atoms with van der Waals surface area (Å²) in [5.74, 6) is 0.619. The fourth-order valence-electron chi connectivity index (χ4n) is 1.63. The maximum Gasteiger partial charge on any atom is 0.225 e. The Morgan fingerprint density at radius 3 is 2.79 bits per heavy atom. The van der Waals surface area contributed by atoms with Gasteiger partial charge in [0.05, 0.1) is 12.5 Å². The van der Waals surface area contributed by atoms with Gasteiger partial charge in [-0.2, -0.15) is 0 Å². The topological polar surface area (TPSA) is 57.6 Å². The minimum absolute atomic E-state index is 0.00638. The van der Waals surface area contributed by atoms with Crippen LogP contribution in [0.2, 0.25) is 0 Å². The van der Waals surface area contributed by atoms with Gasteiger partial charge in [-0.05, 0) is 13.3 Å². The maximum absolute atomic E-state index is 11.4. The number of amides is 1. The summed E-state index contributed by atoms with van der Waals surface area (Å²) in [7, 11) is -0.807. The molecule has 1 aliphatic heterocycles. The number of hydrogen-bond acceptors (Lipinski definition) is 3. The number of aliphatic hydroxyl groups excluding tert-OH is 1. The molecule has 0 bridgehead atoms. The average Bonchev–Trinajstić information content (AvgIpc) is 2.41. The number of β-amino-alcohol motifs (C(OH)–C–C–N with tert-alkyl or cyclic N) is 1. The molecule has 1 aliphatic rings. The van der Waals surface area contributed by atoms with Crippen molar-refractivity contribution >= 4 is 16.7 Å². The average molecular weight is 219 g/mol. The second kappa shape index (κ2) is 4.89. The normalized spacial score (nSPS) is 26.6. The molecule has 0 radical (unpaired) electrons. The molecule has 4 nitrogen and oxygen atoms in total. The molecule has 5 heteroatoms. The Morgan fingerprint density at radius 1 is 1.71 bits per heavy atom. The van der Waals surface area contributed by atoms with Crippen LogP contribution in [0.3, 0.4) is 0 Å². The van der Waals surface area contributed by atoms with E-state index < -0.39 is 16.9 Å². The maximum atomic E-state index is 11.4. The molecule has 3 unspecified atom stereocenters. The zero-order valence-electron chi connectivity index (χ0n) is 8.60. The first-order chi connectivity index (χ1) is 6.50. The molecule has 1 amide bonds. The summed E-state index contributed by atoms with van der Waals surface area (Å²) in [6.45, 7) is 2.36. The Hall–Kier alpha value is -0.420. The van der Waals surface area contributed by atoms with E-state index in [-0.39, 0.29) is 18.4 Å². The van der Waals surface area contributed by atoms with E-state index in [9.17, 15) is 14.1 Å². The summed E-state index contributed by atoms with van der Waals surface area (Å²) in [6.07, 6.45) is 2.12. The highest BCUT2D eigenvalue weighted by Gasteiger charge is 2.30. The molecule has 0 saturated carbocycles. The van der Waals surface area contributed by atoms with Crippen LogP contribution in [0, 0.1) is 0 Å². The third-order valence-corrected chi connectivity index (χ3v) is 3.30. The smallest absolute Gasteiger partial charge is 0.225 e. The molecule has 0 aliphatic carbocycles. The van der Waals surface area contributed by atoms with Crippen molar-refractivity contribution in [2.24, 2.45) is 0 Å². The first kappa shape index (κ1) is 11.7. The van der Waals surface area contributed by atoms with Crippen LogP contribution in [0.5, 0.6) is 0 Å². The zero-order valence-corrected chi connectivity index (χ0v) is 9.42. The minimum atomic E-state index is -0.807. The first-order valence-electron chi connectivity index (χ1n) is 4.78. The SMILES string of the molecule is CC(CCS(C)=O)N1CC(O)CC1=O. The van der Waals surface area contributed by atoms with E-state index in [0.29, 0.717) is 12.3 Å². The van der Waals surface area contributed by atoms with E-state index in [1.54, 1.807) is 11.2 Å². The van der Waals surface area contributed by atoms with Gasteiger partial charge in [-0.25, -0.2) is 0 Å². The van der Waals surface area contributed by atoms with E-state index in [4.69, 9.17) is 0 Å². The standard InChI is InChI=1S/C9H17NO3S/c1-7(3-4-14(2)13)10-6-8(11)5-9(10)12/h7-8,11H,3-6H2,1-2H3. The molecule has 1 saturated heterocycles. The fourth-order valence-corrected chi connectivity index (χ4v) is 2.30. The van der Waals surface area contributed by atoms with Crippen molar-refractivity contribution in [3.05, 3.63) is 0 Å². The van der Waals surface area contributed by atoms with Crippen molar-refractivity contribution in [2.75, 3.05) is 18.6 Å². The second-order valence-electron chi connectivity index (χ2n) is 3.82. The molecular weight excluding hydrogens is 202 g/mol. The van der Waals surface area contributed by atoms with E-state index in [0.717, 1.165) is 6.42 Å². The summed E-state index contributed by atoms with van der Waals surface area (Å²) in [6, 6.07) is 0.0866. The molecule has 3 atom stereocenters. The van der Waals surface area contributed by atoms with Gasteiger partial charge < -0.3 is 10.0 Å². The number of hydrogen-bond donors (Lipinski definition) is 1. The van der Waals surface area contributed by atoms with Crippen LogP contribution in [0.4, 0.5) is 0 Å². The Morgan fingerprint density at radius 2 is 2.36 bits per heavy atom. The molecule has 1 rings (SSSR count). The molecular formula is C9H17NO3S. The van der Waals surface area contributed by atoms with Crippen molar-refractivity contribution < 1.29 is 14.1 Å². The van der Waals surface area contributed by atoms with E-state index >= 15 is 0 Å². The van der Waals surface area contributed by atoms with Crippen LogP contribution in [-0.4, -0.2) is 50.8 Å². The highest BCUT2D eigenvalue weighted by atomic mass is 32.2. The summed E-state index contributed by atoms with van der Waals surface area (Å²) in [5.41, 5.74) is 0. The number of likely N-dealkylation sites (tertiary alicyclic amines) is 1. The predicted molar refractivity (Wildman–Crippen MR) is 55.3 cm³/mol. The van der Waals surface area contributed by atoms with Crippen LogP contribution < -0.4 is 0 Å². The third-order valence-electron chi connectivity index (χ3n) is 2.49. The Labute approximate surface area is 86.7 Å². The van der Waals surface area contributed by atoms with Crippen molar-refractivity contribution in [3.8, 4) is 0 Å². The second-order valence-corrected chi connectivity index (χ2v) is 5.37. The number of carbonyl (C=O) groups is 1. The fraction of sp³-hybridized carbons (Fsp3) is 0.889. The quantitative estimate of drug-likeness (QED) is 0.708. The Bertz CT molecular complexity index is 244. The minimum Gasteiger partial charge on any atom is -0.391 e. The molecule has 0 aromatic carbocycles. The lowest BCUT2D eigenvalue weighted by molar-refractivity contribution is -0.129. The lowest BCUT2D eigenvalue weighted by atomic mass is 10.2. The summed E-state index contributed by atoms with van der Waals surface area (Å²) < 4.78 is 10.9. The first-order valence-corrected chi connectivity index (χ1v) is 6.51. The largest absolute Gasteiger partial charge is 0.391 e. The van der Waals surface area contributed by atoms with Gasteiger partial charge >= 0.3 is 0 Å². The van der Waals surface area contributed by atoms with Gasteiger partial charge in [0.1, 0.15) is 0 Å². The molecule has 1 heterocycles. The van der Waals surface area contributed by atoms with Gasteiger partial charge in [0.25, 0.3) is 0 Å². The molecule has 1 fully saturated rings. The van der Waals surface area contributed by atoms with Crippen molar-refractivity contribution in [1.29, 1.82) is 0 Å². The van der Waals surface area contributed by atoms with Gasteiger partial charge in [-0.15, -0.1) is 0 Å². The van der Waals surface area contributed by atoms with Gasteiger partial charge in [0.15, 0.2) is 0 Å². The van der Waals surface area contributed by atoms with Gasteiger partial charge in [-0.3, -0.25) is 9.00 Å². The summed E-state index contributed by atoms with van der Waals surface area (Å²) in [5, 5.41) is 9.27. The molecule has 1 N–H and O–H groups in total. The van der Waals surface area contributed by atoms with Gasteiger partial charge in [0, 0.05) is 35.4 Å². The Balaban J connectivity index is 2.40. The van der Waals surface area contributed by atoms with Crippen LogP contribution in [-0.2, 0) is 15.6 Å². The monoisotopic (exact) mass is 219 g/mol.